The summed E-state index contributed by atoms with van der Waals surface area (Å²) in [4.78, 5) is 33.5. The highest BCUT2D eigenvalue weighted by Gasteiger charge is 2.20. The summed E-state index contributed by atoms with van der Waals surface area (Å²) in [5, 5.41) is 7.03. The van der Waals surface area contributed by atoms with Crippen molar-refractivity contribution < 1.29 is 9.59 Å². The fourth-order valence-corrected chi connectivity index (χ4v) is 4.68. The van der Waals surface area contributed by atoms with E-state index >= 15 is 0 Å². The highest BCUT2D eigenvalue weighted by Crippen LogP contribution is 2.20. The Bertz CT molecular complexity index is 1350. The van der Waals surface area contributed by atoms with Gasteiger partial charge in [-0.05, 0) is 48.9 Å². The molecule has 3 aromatic carbocycles. The molecule has 0 atom stereocenters. The minimum absolute atomic E-state index is 0.115. The molecule has 0 unspecified atom stereocenters. The number of fused-ring (bicyclic) bond motifs is 1. The molecule has 2 amide bonds. The van der Waals surface area contributed by atoms with E-state index in [0.717, 1.165) is 42.6 Å². The summed E-state index contributed by atoms with van der Waals surface area (Å²) in [5.74, 6) is -0.332. The van der Waals surface area contributed by atoms with E-state index in [1.807, 2.05) is 42.6 Å². The van der Waals surface area contributed by atoms with Gasteiger partial charge in [-0.2, -0.15) is 0 Å². The Morgan fingerprint density at radius 2 is 1.67 bits per heavy atom. The minimum Gasteiger partial charge on any atom is -0.369 e. The Hall–Kier alpha value is -4.10. The van der Waals surface area contributed by atoms with Crippen molar-refractivity contribution >= 4 is 34.1 Å². The summed E-state index contributed by atoms with van der Waals surface area (Å²) in [7, 11) is 0. The third-order valence-electron chi connectivity index (χ3n) is 6.71. The van der Waals surface area contributed by atoms with Crippen LogP contribution in [0, 0.1) is 6.92 Å². The number of rotatable bonds is 7. The zero-order valence-electron chi connectivity index (χ0n) is 20.5. The molecule has 184 valence electrons. The Morgan fingerprint density at radius 3 is 2.47 bits per heavy atom. The zero-order valence-corrected chi connectivity index (χ0v) is 20.5. The molecule has 1 saturated heterocycles. The first-order chi connectivity index (χ1) is 17.6. The van der Waals surface area contributed by atoms with Crippen LogP contribution in [0.3, 0.4) is 0 Å². The number of nitrogens with one attached hydrogen (secondary N) is 3. The second kappa shape index (κ2) is 10.7. The fourth-order valence-electron chi connectivity index (χ4n) is 4.68. The Kier molecular flexibility index (Phi) is 7.00. The lowest BCUT2D eigenvalue weighted by atomic mass is 10.1. The Labute approximate surface area is 211 Å². The van der Waals surface area contributed by atoms with Crippen molar-refractivity contribution in [3.63, 3.8) is 0 Å². The fraction of sp³-hybridized carbons (Fsp3) is 0.241. The molecule has 3 N–H and O–H groups in total. The largest absolute Gasteiger partial charge is 0.369 e. The van der Waals surface area contributed by atoms with Gasteiger partial charge in [0.25, 0.3) is 5.91 Å². The maximum Gasteiger partial charge on any atom is 0.253 e. The van der Waals surface area contributed by atoms with E-state index < -0.39 is 0 Å². The quantitative estimate of drug-likeness (QED) is 0.370. The number of hydrogen-bond acceptors (Lipinski definition) is 4. The van der Waals surface area contributed by atoms with Crippen molar-refractivity contribution in [2.24, 2.45) is 0 Å². The van der Waals surface area contributed by atoms with Crippen LogP contribution in [-0.2, 0) is 11.3 Å². The number of hydrogen-bond donors (Lipinski definition) is 3. The molecule has 0 aliphatic carbocycles. The molecule has 2 heterocycles. The molecule has 36 heavy (non-hydrogen) atoms. The van der Waals surface area contributed by atoms with Gasteiger partial charge in [0.1, 0.15) is 0 Å². The molecule has 1 aliphatic rings. The van der Waals surface area contributed by atoms with Gasteiger partial charge in [0.2, 0.25) is 5.91 Å². The normalized spacial score (nSPS) is 14.1. The number of nitrogens with zero attached hydrogens (tertiary/aromatic N) is 2. The average Bonchev–Trinajstić information content (AvgIpc) is 3.38. The van der Waals surface area contributed by atoms with Gasteiger partial charge in [-0.15, -0.1) is 0 Å². The summed E-state index contributed by atoms with van der Waals surface area (Å²) in [6.07, 6.45) is 1.89. The van der Waals surface area contributed by atoms with Gasteiger partial charge in [0.05, 0.1) is 17.8 Å². The van der Waals surface area contributed by atoms with Crippen LogP contribution < -0.4 is 15.5 Å². The van der Waals surface area contributed by atoms with Crippen LogP contribution in [0.4, 0.5) is 11.4 Å². The third kappa shape index (κ3) is 5.42. The number of anilines is 2. The molecule has 0 spiro atoms. The highest BCUT2D eigenvalue weighted by molar-refractivity contribution is 6.04. The van der Waals surface area contributed by atoms with Crippen molar-refractivity contribution in [1.82, 2.24) is 15.2 Å². The molecule has 0 saturated carbocycles. The molecule has 0 bridgehead atoms. The maximum atomic E-state index is 13.0. The Morgan fingerprint density at radius 1 is 0.889 bits per heavy atom. The standard InChI is InChI=1S/C29H31N5O2/c1-21-9-11-23(12-10-21)34-17-15-33(16-18-34)20-28(35)32-27-7-3-2-6-25(27)29(36)31-19-22-5-4-8-26-24(22)13-14-30-26/h2-14,30H,15-20H2,1H3,(H,31,36)(H,32,35). The van der Waals surface area contributed by atoms with E-state index in [0.29, 0.717) is 24.3 Å². The lowest BCUT2D eigenvalue weighted by Crippen LogP contribution is -2.48. The lowest BCUT2D eigenvalue weighted by molar-refractivity contribution is -0.117. The number of aromatic nitrogens is 1. The number of piperazine rings is 1. The predicted octanol–water partition coefficient (Wildman–Crippen LogP) is 4.17. The highest BCUT2D eigenvalue weighted by atomic mass is 16.2. The van der Waals surface area contributed by atoms with Crippen LogP contribution in [-0.4, -0.2) is 54.4 Å². The van der Waals surface area contributed by atoms with Gasteiger partial charge >= 0.3 is 0 Å². The molecule has 7 heteroatoms. The first-order valence-electron chi connectivity index (χ1n) is 12.3. The van der Waals surface area contributed by atoms with Crippen molar-refractivity contribution in [2.75, 3.05) is 42.9 Å². The average molecular weight is 482 g/mol. The van der Waals surface area contributed by atoms with Gasteiger partial charge in [-0.1, -0.05) is 42.0 Å². The number of para-hydroxylation sites is 1. The van der Waals surface area contributed by atoms with Gasteiger partial charge in [0.15, 0.2) is 0 Å². The molecule has 1 aromatic heterocycles. The second-order valence-electron chi connectivity index (χ2n) is 9.23. The van der Waals surface area contributed by atoms with Crippen molar-refractivity contribution in [2.45, 2.75) is 13.5 Å². The van der Waals surface area contributed by atoms with Crippen LogP contribution >= 0.6 is 0 Å². The number of carbonyl (C=O) groups is 2. The summed E-state index contributed by atoms with van der Waals surface area (Å²) in [6.45, 7) is 6.18. The van der Waals surface area contributed by atoms with Crippen molar-refractivity contribution in [3.05, 3.63) is 95.7 Å². The first-order valence-corrected chi connectivity index (χ1v) is 12.3. The third-order valence-corrected chi connectivity index (χ3v) is 6.71. The minimum atomic E-state index is -0.217. The number of aryl methyl sites for hydroxylation is 1. The van der Waals surface area contributed by atoms with Crippen LogP contribution in [0.2, 0.25) is 0 Å². The molecule has 7 nitrogen and oxygen atoms in total. The van der Waals surface area contributed by atoms with E-state index in [4.69, 9.17) is 0 Å². The maximum absolute atomic E-state index is 13.0. The van der Waals surface area contributed by atoms with Crippen LogP contribution in [0.1, 0.15) is 21.5 Å². The van der Waals surface area contributed by atoms with Crippen LogP contribution in [0.25, 0.3) is 10.9 Å². The summed E-state index contributed by atoms with van der Waals surface area (Å²) >= 11 is 0. The number of amides is 2. The van der Waals surface area contributed by atoms with Crippen LogP contribution in [0.5, 0.6) is 0 Å². The molecule has 0 radical (unpaired) electrons. The first kappa shape index (κ1) is 23.6. The van der Waals surface area contributed by atoms with Gasteiger partial charge < -0.3 is 20.5 Å². The van der Waals surface area contributed by atoms with E-state index in [1.165, 1.54) is 11.3 Å². The number of benzene rings is 3. The van der Waals surface area contributed by atoms with E-state index in [2.05, 4.69) is 56.6 Å². The second-order valence-corrected chi connectivity index (χ2v) is 9.23. The molecular weight excluding hydrogens is 450 g/mol. The Balaban J connectivity index is 1.16. The topological polar surface area (TPSA) is 80.5 Å². The van der Waals surface area contributed by atoms with Gasteiger partial charge in [-0.25, -0.2) is 0 Å². The summed E-state index contributed by atoms with van der Waals surface area (Å²) in [5.41, 5.74) is 5.52. The van der Waals surface area contributed by atoms with Crippen molar-refractivity contribution in [3.8, 4) is 0 Å². The molecular formula is C29H31N5O2. The SMILES string of the molecule is Cc1ccc(N2CCN(CC(=O)Nc3ccccc3C(=O)NCc3cccc4[nH]ccc34)CC2)cc1. The molecule has 4 aromatic rings. The summed E-state index contributed by atoms with van der Waals surface area (Å²) < 4.78 is 0. The summed E-state index contributed by atoms with van der Waals surface area (Å²) in [6, 6.07) is 23.7. The lowest BCUT2D eigenvalue weighted by Gasteiger charge is -2.35. The van der Waals surface area contributed by atoms with E-state index in [1.54, 1.807) is 12.1 Å². The van der Waals surface area contributed by atoms with Crippen LogP contribution in [0.15, 0.2) is 79.0 Å². The molecule has 1 fully saturated rings. The van der Waals surface area contributed by atoms with E-state index in [-0.39, 0.29) is 11.8 Å². The predicted molar refractivity (Wildman–Crippen MR) is 144 cm³/mol. The van der Waals surface area contributed by atoms with Gasteiger partial charge in [0, 0.05) is 55.5 Å². The smallest absolute Gasteiger partial charge is 0.253 e. The number of H-pyrrole nitrogens is 1. The van der Waals surface area contributed by atoms with Crippen molar-refractivity contribution in [1.29, 1.82) is 0 Å². The monoisotopic (exact) mass is 481 g/mol. The van der Waals surface area contributed by atoms with Gasteiger partial charge in [-0.3, -0.25) is 14.5 Å². The number of carbonyl (C=O) groups excluding carboxylic acids is 2. The number of aromatic amines is 1. The van der Waals surface area contributed by atoms with E-state index in [9.17, 15) is 9.59 Å². The molecule has 1 aliphatic heterocycles. The zero-order chi connectivity index (χ0) is 24.9. The molecule has 5 rings (SSSR count).